The number of para-hydroxylation sites is 1. The van der Waals surface area contributed by atoms with Crippen molar-refractivity contribution in [2.24, 2.45) is 7.05 Å². The lowest BCUT2D eigenvalue weighted by Crippen LogP contribution is -2.19. The fourth-order valence-corrected chi connectivity index (χ4v) is 2.25. The molecule has 2 rings (SSSR count). The zero-order chi connectivity index (χ0) is 14.9. The Morgan fingerprint density at radius 3 is 2.65 bits per heavy atom. The fourth-order valence-electron chi connectivity index (χ4n) is 2.25. The minimum absolute atomic E-state index is 0.237. The predicted molar refractivity (Wildman–Crippen MR) is 80.8 cm³/mol. The lowest BCUT2D eigenvalue weighted by atomic mass is 9.98. The molecule has 2 aromatic rings. The molecule has 5 nitrogen and oxygen atoms in total. The molecule has 0 aliphatic heterocycles. The average Bonchev–Trinajstić information content (AvgIpc) is 2.71. The van der Waals surface area contributed by atoms with Crippen molar-refractivity contribution in [3.05, 3.63) is 41.2 Å². The van der Waals surface area contributed by atoms with Crippen molar-refractivity contribution < 1.29 is 4.79 Å². The van der Waals surface area contributed by atoms with Crippen LogP contribution in [-0.4, -0.2) is 15.7 Å². The van der Waals surface area contributed by atoms with E-state index in [1.807, 2.05) is 25.1 Å². The monoisotopic (exact) mass is 272 g/mol. The second kappa shape index (κ2) is 5.36. The van der Waals surface area contributed by atoms with Crippen LogP contribution < -0.4 is 11.1 Å². The number of hydrogen-bond acceptors (Lipinski definition) is 3. The van der Waals surface area contributed by atoms with Crippen LogP contribution in [-0.2, 0) is 7.05 Å². The van der Waals surface area contributed by atoms with E-state index in [1.54, 1.807) is 7.05 Å². The molecular formula is C15H20N4O. The average molecular weight is 272 g/mol. The van der Waals surface area contributed by atoms with E-state index in [0.29, 0.717) is 17.3 Å². The molecule has 0 atom stereocenters. The fraction of sp³-hybridized carbons (Fsp3) is 0.333. The van der Waals surface area contributed by atoms with E-state index in [9.17, 15) is 4.79 Å². The number of amides is 1. The Labute approximate surface area is 118 Å². The molecule has 0 bridgehead atoms. The summed E-state index contributed by atoms with van der Waals surface area (Å²) < 4.78 is 1.48. The Morgan fingerprint density at radius 2 is 2.10 bits per heavy atom. The van der Waals surface area contributed by atoms with Gasteiger partial charge in [-0.05, 0) is 24.0 Å². The van der Waals surface area contributed by atoms with Gasteiger partial charge in [0, 0.05) is 12.7 Å². The molecule has 3 N–H and O–H groups in total. The van der Waals surface area contributed by atoms with Crippen molar-refractivity contribution in [2.45, 2.75) is 26.7 Å². The number of nitrogens with zero attached hydrogens (tertiary/aromatic N) is 2. The Hall–Kier alpha value is -2.30. The van der Waals surface area contributed by atoms with Crippen LogP contribution in [0.1, 0.15) is 41.4 Å². The van der Waals surface area contributed by atoms with Gasteiger partial charge >= 0.3 is 0 Å². The summed E-state index contributed by atoms with van der Waals surface area (Å²) in [5.41, 5.74) is 9.54. The van der Waals surface area contributed by atoms with Gasteiger partial charge in [-0.25, -0.2) is 0 Å². The molecule has 106 valence electrons. The van der Waals surface area contributed by atoms with Crippen LogP contribution >= 0.6 is 0 Å². The number of aryl methyl sites for hydroxylation is 2. The Kier molecular flexibility index (Phi) is 3.79. The van der Waals surface area contributed by atoms with E-state index in [-0.39, 0.29) is 5.91 Å². The number of nitrogen functional groups attached to an aromatic ring is 1. The number of rotatable bonds is 3. The summed E-state index contributed by atoms with van der Waals surface area (Å²) in [7, 11) is 1.70. The van der Waals surface area contributed by atoms with Gasteiger partial charge in [-0.2, -0.15) is 5.10 Å². The van der Waals surface area contributed by atoms with Crippen LogP contribution in [0.3, 0.4) is 0 Å². The molecular weight excluding hydrogens is 252 g/mol. The summed E-state index contributed by atoms with van der Waals surface area (Å²) in [6, 6.07) is 6.01. The summed E-state index contributed by atoms with van der Waals surface area (Å²) >= 11 is 0. The SMILES string of the molecule is Cc1cccc(C(C)C)c1NC(=O)c1c(N)cnn1C. The molecule has 0 saturated carbocycles. The molecule has 0 spiro atoms. The van der Waals surface area contributed by atoms with Crippen molar-refractivity contribution in [1.82, 2.24) is 9.78 Å². The van der Waals surface area contributed by atoms with Crippen LogP contribution in [0, 0.1) is 6.92 Å². The topological polar surface area (TPSA) is 72.9 Å². The molecule has 0 fully saturated rings. The van der Waals surface area contributed by atoms with E-state index in [1.165, 1.54) is 10.9 Å². The van der Waals surface area contributed by atoms with E-state index in [4.69, 9.17) is 5.73 Å². The Morgan fingerprint density at radius 1 is 1.40 bits per heavy atom. The van der Waals surface area contributed by atoms with Crippen LogP contribution in [0.15, 0.2) is 24.4 Å². The highest BCUT2D eigenvalue weighted by Crippen LogP contribution is 2.28. The predicted octanol–water partition coefficient (Wildman–Crippen LogP) is 2.69. The quantitative estimate of drug-likeness (QED) is 0.902. The number of hydrogen-bond donors (Lipinski definition) is 2. The van der Waals surface area contributed by atoms with Crippen molar-refractivity contribution in [1.29, 1.82) is 0 Å². The third kappa shape index (κ3) is 2.52. The molecule has 0 aliphatic rings. The van der Waals surface area contributed by atoms with Gasteiger partial charge < -0.3 is 11.1 Å². The highest BCUT2D eigenvalue weighted by atomic mass is 16.2. The first-order chi connectivity index (χ1) is 9.41. The summed E-state index contributed by atoms with van der Waals surface area (Å²) in [6.45, 7) is 6.18. The van der Waals surface area contributed by atoms with Crippen LogP contribution in [0.4, 0.5) is 11.4 Å². The first kappa shape index (κ1) is 14.1. The van der Waals surface area contributed by atoms with Crippen LogP contribution in [0.2, 0.25) is 0 Å². The zero-order valence-electron chi connectivity index (χ0n) is 12.3. The third-order valence-corrected chi connectivity index (χ3v) is 3.35. The molecule has 0 radical (unpaired) electrons. The van der Waals surface area contributed by atoms with E-state index >= 15 is 0 Å². The van der Waals surface area contributed by atoms with Gasteiger partial charge in [0.2, 0.25) is 0 Å². The molecule has 1 aromatic heterocycles. The highest BCUT2D eigenvalue weighted by Gasteiger charge is 2.18. The minimum Gasteiger partial charge on any atom is -0.396 e. The number of nitrogens with two attached hydrogens (primary N) is 1. The van der Waals surface area contributed by atoms with Gasteiger partial charge in [0.05, 0.1) is 11.9 Å². The second-order valence-electron chi connectivity index (χ2n) is 5.22. The van der Waals surface area contributed by atoms with Gasteiger partial charge in [0.25, 0.3) is 5.91 Å². The largest absolute Gasteiger partial charge is 0.396 e. The van der Waals surface area contributed by atoms with Crippen LogP contribution in [0.25, 0.3) is 0 Å². The smallest absolute Gasteiger partial charge is 0.276 e. The maximum Gasteiger partial charge on any atom is 0.276 e. The second-order valence-corrected chi connectivity index (χ2v) is 5.22. The number of benzene rings is 1. The van der Waals surface area contributed by atoms with Gasteiger partial charge in [0.1, 0.15) is 5.69 Å². The molecule has 1 amide bonds. The maximum absolute atomic E-state index is 12.4. The van der Waals surface area contributed by atoms with Gasteiger partial charge in [-0.3, -0.25) is 9.48 Å². The maximum atomic E-state index is 12.4. The Bertz CT molecular complexity index is 624. The van der Waals surface area contributed by atoms with Crippen molar-refractivity contribution in [3.63, 3.8) is 0 Å². The zero-order valence-corrected chi connectivity index (χ0v) is 12.3. The van der Waals surface area contributed by atoms with Gasteiger partial charge in [-0.1, -0.05) is 32.0 Å². The third-order valence-electron chi connectivity index (χ3n) is 3.35. The molecule has 5 heteroatoms. The van der Waals surface area contributed by atoms with Crippen molar-refractivity contribution >= 4 is 17.3 Å². The molecule has 0 unspecified atom stereocenters. The lowest BCUT2D eigenvalue weighted by molar-refractivity contribution is 0.101. The van der Waals surface area contributed by atoms with Crippen LogP contribution in [0.5, 0.6) is 0 Å². The minimum atomic E-state index is -0.237. The normalized spacial score (nSPS) is 10.8. The summed E-state index contributed by atoms with van der Waals surface area (Å²) in [4.78, 5) is 12.4. The number of nitrogens with one attached hydrogen (secondary N) is 1. The summed E-state index contributed by atoms with van der Waals surface area (Å²) in [5.74, 6) is 0.0905. The van der Waals surface area contributed by atoms with Gasteiger partial charge in [0.15, 0.2) is 0 Å². The standard InChI is InChI=1S/C15H20N4O/c1-9(2)11-7-5-6-10(3)13(11)18-15(20)14-12(16)8-17-19(14)4/h5-9H,16H2,1-4H3,(H,18,20). The summed E-state index contributed by atoms with van der Waals surface area (Å²) in [6.07, 6.45) is 1.48. The number of carbonyl (C=O) groups is 1. The van der Waals surface area contributed by atoms with E-state index in [2.05, 4.69) is 24.3 Å². The Balaban J connectivity index is 2.38. The van der Waals surface area contributed by atoms with Crippen molar-refractivity contribution in [3.8, 4) is 0 Å². The number of anilines is 2. The summed E-state index contributed by atoms with van der Waals surface area (Å²) in [5, 5.41) is 6.95. The first-order valence-electron chi connectivity index (χ1n) is 6.60. The highest BCUT2D eigenvalue weighted by molar-refractivity contribution is 6.07. The molecule has 0 aliphatic carbocycles. The number of aromatic nitrogens is 2. The lowest BCUT2D eigenvalue weighted by Gasteiger charge is -2.16. The van der Waals surface area contributed by atoms with E-state index < -0.39 is 0 Å². The van der Waals surface area contributed by atoms with E-state index in [0.717, 1.165) is 16.8 Å². The molecule has 20 heavy (non-hydrogen) atoms. The molecule has 0 saturated heterocycles. The molecule has 1 aromatic carbocycles. The number of carbonyl (C=O) groups excluding carboxylic acids is 1. The molecule has 1 heterocycles. The first-order valence-corrected chi connectivity index (χ1v) is 6.60. The van der Waals surface area contributed by atoms with Crippen molar-refractivity contribution in [2.75, 3.05) is 11.1 Å². The van der Waals surface area contributed by atoms with Gasteiger partial charge in [-0.15, -0.1) is 0 Å².